The van der Waals surface area contributed by atoms with Crippen LogP contribution in [0.5, 0.6) is 0 Å². The van der Waals surface area contributed by atoms with Gasteiger partial charge in [-0.1, -0.05) is 45.2 Å². The standard InChI is InChI=1S/C29H36F2N8O2/c1-16(2)20-10-12-32-21(13-20)27-36-24-22(39(27)15-19-8-7-17(3)29(30,31)14-19)23(33-11-9-18-5-4-6-18)34-25(35-24)26-37-28(40)41-38-26/h10,12-13,16-19H,4-9,11,14-15H2,1-3H3,(H,33,34,35)(H,37,38,40). The Morgan fingerprint density at radius 2 is 2.00 bits per heavy atom. The molecule has 4 aromatic rings. The van der Waals surface area contributed by atoms with Gasteiger partial charge in [-0.3, -0.25) is 14.5 Å². The van der Waals surface area contributed by atoms with E-state index in [4.69, 9.17) is 14.5 Å². The molecular formula is C29H36F2N8O2. The number of nitrogens with zero attached hydrogens (tertiary/aromatic N) is 6. The average molecular weight is 567 g/mol. The van der Waals surface area contributed by atoms with Crippen LogP contribution in [0.3, 0.4) is 0 Å². The second kappa shape index (κ2) is 10.9. The Morgan fingerprint density at radius 3 is 2.68 bits per heavy atom. The number of hydrogen-bond acceptors (Lipinski definition) is 8. The Hall–Kier alpha value is -3.70. The van der Waals surface area contributed by atoms with Crippen LogP contribution in [0, 0.1) is 17.8 Å². The van der Waals surface area contributed by atoms with E-state index in [1.54, 1.807) is 13.1 Å². The van der Waals surface area contributed by atoms with E-state index in [0.717, 1.165) is 12.0 Å². The number of hydrogen-bond donors (Lipinski definition) is 2. The van der Waals surface area contributed by atoms with Crippen LogP contribution in [-0.4, -0.2) is 47.1 Å². The average Bonchev–Trinajstić information content (AvgIpc) is 3.51. The Balaban J connectivity index is 1.48. The van der Waals surface area contributed by atoms with Crippen molar-refractivity contribution < 1.29 is 13.3 Å². The Bertz CT molecular complexity index is 1590. The summed E-state index contributed by atoms with van der Waals surface area (Å²) in [7, 11) is 0. The van der Waals surface area contributed by atoms with Crippen LogP contribution in [0.15, 0.2) is 27.6 Å². The molecule has 0 saturated heterocycles. The third kappa shape index (κ3) is 5.60. The number of halogens is 2. The van der Waals surface area contributed by atoms with Crippen LogP contribution in [0.25, 0.3) is 34.3 Å². The summed E-state index contributed by atoms with van der Waals surface area (Å²) in [5.74, 6) is -2.05. The number of pyridine rings is 1. The summed E-state index contributed by atoms with van der Waals surface area (Å²) >= 11 is 0. The number of H-pyrrole nitrogens is 1. The van der Waals surface area contributed by atoms with Gasteiger partial charge in [0.2, 0.25) is 11.6 Å². The van der Waals surface area contributed by atoms with Gasteiger partial charge in [0, 0.05) is 31.6 Å². The number of anilines is 1. The molecule has 0 spiro atoms. The monoisotopic (exact) mass is 566 g/mol. The molecule has 4 aromatic heterocycles. The third-order valence-electron chi connectivity index (χ3n) is 8.74. The van der Waals surface area contributed by atoms with Crippen LogP contribution in [-0.2, 0) is 6.54 Å². The Labute approximate surface area is 236 Å². The molecule has 0 bridgehead atoms. The molecule has 0 amide bonds. The minimum Gasteiger partial charge on any atom is -0.368 e. The van der Waals surface area contributed by atoms with Crippen molar-refractivity contribution in [3.05, 3.63) is 34.4 Å². The number of nitrogens with one attached hydrogen (secondary N) is 2. The normalized spacial score (nSPS) is 20.9. The molecule has 0 aromatic carbocycles. The highest BCUT2D eigenvalue weighted by Crippen LogP contribution is 2.42. The first-order valence-electron chi connectivity index (χ1n) is 14.6. The fourth-order valence-electron chi connectivity index (χ4n) is 5.87. The van der Waals surface area contributed by atoms with E-state index >= 15 is 0 Å². The maximum atomic E-state index is 14.8. The molecule has 2 fully saturated rings. The highest BCUT2D eigenvalue weighted by molar-refractivity contribution is 5.88. The van der Waals surface area contributed by atoms with Gasteiger partial charge in [-0.2, -0.15) is 0 Å². The van der Waals surface area contributed by atoms with E-state index in [2.05, 4.69) is 39.3 Å². The second-order valence-electron chi connectivity index (χ2n) is 12.0. The lowest BCUT2D eigenvalue weighted by Gasteiger charge is -2.34. The summed E-state index contributed by atoms with van der Waals surface area (Å²) in [5.41, 5.74) is 2.73. The summed E-state index contributed by atoms with van der Waals surface area (Å²) in [6, 6.07) is 3.96. The first-order chi connectivity index (χ1) is 19.7. The minimum atomic E-state index is -2.72. The maximum absolute atomic E-state index is 14.8. The lowest BCUT2D eigenvalue weighted by Crippen LogP contribution is -2.35. The number of alkyl halides is 2. The first-order valence-corrected chi connectivity index (χ1v) is 14.6. The van der Waals surface area contributed by atoms with Crippen molar-refractivity contribution in [2.24, 2.45) is 17.8 Å². The molecule has 0 radical (unpaired) electrons. The summed E-state index contributed by atoms with van der Waals surface area (Å²) < 4.78 is 36.3. The molecular weight excluding hydrogens is 530 g/mol. The molecule has 12 heteroatoms. The molecule has 2 aliphatic rings. The number of aromatic nitrogens is 7. The highest BCUT2D eigenvalue weighted by Gasteiger charge is 2.42. The predicted molar refractivity (Wildman–Crippen MR) is 151 cm³/mol. The Morgan fingerprint density at radius 1 is 1.17 bits per heavy atom. The predicted octanol–water partition coefficient (Wildman–Crippen LogP) is 6.03. The van der Waals surface area contributed by atoms with Gasteiger partial charge in [-0.25, -0.2) is 28.5 Å². The van der Waals surface area contributed by atoms with Gasteiger partial charge >= 0.3 is 5.76 Å². The molecule has 41 heavy (non-hydrogen) atoms. The number of fused-ring (bicyclic) bond motifs is 1. The summed E-state index contributed by atoms with van der Waals surface area (Å²) in [6.07, 6.45) is 7.42. The molecule has 0 aliphatic heterocycles. The van der Waals surface area contributed by atoms with Crippen molar-refractivity contribution >= 4 is 17.0 Å². The van der Waals surface area contributed by atoms with Crippen molar-refractivity contribution in [2.75, 3.05) is 11.9 Å². The van der Waals surface area contributed by atoms with Gasteiger partial charge < -0.3 is 9.88 Å². The van der Waals surface area contributed by atoms with Crippen molar-refractivity contribution in [1.29, 1.82) is 0 Å². The highest BCUT2D eigenvalue weighted by atomic mass is 19.3. The SMILES string of the molecule is CC(C)c1ccnc(-c2nc3nc(-c4noc(=O)[nH]4)nc(NCCC4CCC4)c3n2CC2CCC(C)C(F)(F)C2)c1. The third-order valence-corrected chi connectivity index (χ3v) is 8.74. The fraction of sp³-hybridized carbons (Fsp3) is 0.586. The van der Waals surface area contributed by atoms with Crippen LogP contribution >= 0.6 is 0 Å². The van der Waals surface area contributed by atoms with Crippen LogP contribution in [0.1, 0.15) is 77.2 Å². The lowest BCUT2D eigenvalue weighted by molar-refractivity contribution is -0.0970. The summed E-state index contributed by atoms with van der Waals surface area (Å²) in [4.78, 5) is 33.1. The molecule has 218 valence electrons. The molecule has 2 aliphatic carbocycles. The van der Waals surface area contributed by atoms with Crippen molar-refractivity contribution in [1.82, 2.24) is 34.6 Å². The zero-order valence-corrected chi connectivity index (χ0v) is 23.7. The van der Waals surface area contributed by atoms with E-state index in [1.165, 1.54) is 19.3 Å². The molecule has 10 nitrogen and oxygen atoms in total. The van der Waals surface area contributed by atoms with Gasteiger partial charge in [0.05, 0.1) is 0 Å². The molecule has 2 N–H and O–H groups in total. The quantitative estimate of drug-likeness (QED) is 0.251. The van der Waals surface area contributed by atoms with Gasteiger partial charge in [-0.15, -0.1) is 0 Å². The van der Waals surface area contributed by atoms with Crippen molar-refractivity contribution in [3.63, 3.8) is 0 Å². The molecule has 4 heterocycles. The van der Waals surface area contributed by atoms with Gasteiger partial charge in [0.25, 0.3) is 5.92 Å². The minimum absolute atomic E-state index is 0.0934. The van der Waals surface area contributed by atoms with Crippen LogP contribution in [0.4, 0.5) is 14.6 Å². The first kappa shape index (κ1) is 27.5. The van der Waals surface area contributed by atoms with Crippen LogP contribution < -0.4 is 11.1 Å². The van der Waals surface area contributed by atoms with E-state index in [-0.39, 0.29) is 29.9 Å². The smallest absolute Gasteiger partial charge is 0.368 e. The molecule has 2 unspecified atom stereocenters. The second-order valence-corrected chi connectivity index (χ2v) is 12.0. The summed E-state index contributed by atoms with van der Waals surface area (Å²) in [6.45, 7) is 6.86. The van der Waals surface area contributed by atoms with E-state index in [0.29, 0.717) is 60.3 Å². The Kier molecular flexibility index (Phi) is 7.33. The van der Waals surface area contributed by atoms with E-state index in [9.17, 15) is 13.6 Å². The van der Waals surface area contributed by atoms with E-state index in [1.807, 2.05) is 16.7 Å². The van der Waals surface area contributed by atoms with Gasteiger partial charge in [0.15, 0.2) is 17.3 Å². The van der Waals surface area contributed by atoms with Crippen molar-refractivity contribution in [2.45, 2.75) is 84.1 Å². The largest absolute Gasteiger partial charge is 0.439 e. The number of imidazole rings is 1. The van der Waals surface area contributed by atoms with Gasteiger partial charge in [-0.05, 0) is 54.7 Å². The van der Waals surface area contributed by atoms with Crippen LogP contribution in [0.2, 0.25) is 0 Å². The molecule has 6 rings (SSSR count). The maximum Gasteiger partial charge on any atom is 0.439 e. The molecule has 2 saturated carbocycles. The molecule has 2 atom stereocenters. The topological polar surface area (TPSA) is 127 Å². The lowest BCUT2D eigenvalue weighted by atomic mass is 9.80. The van der Waals surface area contributed by atoms with Gasteiger partial charge in [0.1, 0.15) is 11.2 Å². The van der Waals surface area contributed by atoms with E-state index < -0.39 is 17.6 Å². The fourth-order valence-corrected chi connectivity index (χ4v) is 5.87. The zero-order valence-electron chi connectivity index (χ0n) is 23.7. The summed E-state index contributed by atoms with van der Waals surface area (Å²) in [5, 5.41) is 7.24. The number of aromatic amines is 1. The number of rotatable bonds is 9. The van der Waals surface area contributed by atoms with Crippen molar-refractivity contribution in [3.8, 4) is 23.2 Å². The zero-order chi connectivity index (χ0) is 28.7.